The maximum atomic E-state index is 12.2. The molecule has 0 spiro atoms. The summed E-state index contributed by atoms with van der Waals surface area (Å²) in [6.45, 7) is 8.04. The van der Waals surface area contributed by atoms with Crippen molar-refractivity contribution >= 4 is 18.3 Å². The van der Waals surface area contributed by atoms with E-state index in [1.54, 1.807) is 7.11 Å². The Hall–Kier alpha value is -1.46. The lowest BCUT2D eigenvalue weighted by atomic mass is 10.1. The largest absolute Gasteiger partial charge is 0.493 e. The Labute approximate surface area is 163 Å². The molecule has 1 saturated heterocycles. The van der Waals surface area contributed by atoms with Crippen LogP contribution in [0.1, 0.15) is 58.1 Å². The molecule has 6 heteroatoms. The Kier molecular flexibility index (Phi) is 9.81. The number of ether oxygens (including phenoxy) is 2. The van der Waals surface area contributed by atoms with Gasteiger partial charge in [0.05, 0.1) is 19.8 Å². The molecule has 0 saturated carbocycles. The van der Waals surface area contributed by atoms with Crippen molar-refractivity contribution in [2.24, 2.45) is 5.92 Å². The van der Waals surface area contributed by atoms with Crippen molar-refractivity contribution in [1.29, 1.82) is 0 Å². The lowest BCUT2D eigenvalue weighted by Crippen LogP contribution is -2.33. The SMILES string of the molecule is COc1cc(C(C)NC(=O)CC2CCCN2)ccc1OCCC(C)C.Cl. The number of hydrogen-bond acceptors (Lipinski definition) is 4. The topological polar surface area (TPSA) is 59.6 Å². The summed E-state index contributed by atoms with van der Waals surface area (Å²) in [5, 5.41) is 6.43. The Balaban J connectivity index is 0.00000338. The molecule has 1 aromatic rings. The van der Waals surface area contributed by atoms with E-state index in [1.807, 2.05) is 25.1 Å². The number of methoxy groups -OCH3 is 1. The molecule has 1 aromatic carbocycles. The molecule has 1 amide bonds. The van der Waals surface area contributed by atoms with E-state index in [1.165, 1.54) is 0 Å². The quantitative estimate of drug-likeness (QED) is 0.678. The number of nitrogens with one attached hydrogen (secondary N) is 2. The van der Waals surface area contributed by atoms with Crippen LogP contribution < -0.4 is 20.1 Å². The van der Waals surface area contributed by atoms with Crippen molar-refractivity contribution < 1.29 is 14.3 Å². The van der Waals surface area contributed by atoms with E-state index in [2.05, 4.69) is 24.5 Å². The molecule has 1 fully saturated rings. The first-order chi connectivity index (χ1) is 12.0. The second-order valence-electron chi connectivity index (χ2n) is 7.23. The molecule has 148 valence electrons. The van der Waals surface area contributed by atoms with Crippen LogP contribution in [0.4, 0.5) is 0 Å². The van der Waals surface area contributed by atoms with Gasteiger partial charge in [0.25, 0.3) is 0 Å². The van der Waals surface area contributed by atoms with Crippen molar-refractivity contribution in [1.82, 2.24) is 10.6 Å². The highest BCUT2D eigenvalue weighted by atomic mass is 35.5. The molecule has 0 bridgehead atoms. The van der Waals surface area contributed by atoms with Gasteiger partial charge in [0, 0.05) is 12.5 Å². The van der Waals surface area contributed by atoms with Crippen LogP contribution in [0.25, 0.3) is 0 Å². The Bertz CT molecular complexity index is 560. The second-order valence-corrected chi connectivity index (χ2v) is 7.23. The molecule has 1 aliphatic rings. The third kappa shape index (κ3) is 7.04. The molecule has 0 aliphatic carbocycles. The van der Waals surface area contributed by atoms with Crippen LogP contribution in [-0.2, 0) is 4.79 Å². The highest BCUT2D eigenvalue weighted by Crippen LogP contribution is 2.30. The molecule has 0 radical (unpaired) electrons. The van der Waals surface area contributed by atoms with Gasteiger partial charge in [-0.25, -0.2) is 0 Å². The van der Waals surface area contributed by atoms with Gasteiger partial charge in [-0.15, -0.1) is 12.4 Å². The van der Waals surface area contributed by atoms with Gasteiger partial charge in [-0.2, -0.15) is 0 Å². The average Bonchev–Trinajstić information content (AvgIpc) is 3.07. The monoisotopic (exact) mass is 384 g/mol. The third-order valence-electron chi connectivity index (χ3n) is 4.61. The zero-order chi connectivity index (χ0) is 18.2. The lowest BCUT2D eigenvalue weighted by molar-refractivity contribution is -0.122. The van der Waals surface area contributed by atoms with Gasteiger partial charge in [-0.3, -0.25) is 4.79 Å². The predicted molar refractivity (Wildman–Crippen MR) is 107 cm³/mol. The second kappa shape index (κ2) is 11.3. The Morgan fingerprint density at radius 1 is 1.31 bits per heavy atom. The van der Waals surface area contributed by atoms with Gasteiger partial charge in [0.1, 0.15) is 0 Å². The van der Waals surface area contributed by atoms with E-state index >= 15 is 0 Å². The summed E-state index contributed by atoms with van der Waals surface area (Å²) in [7, 11) is 1.64. The first-order valence-electron chi connectivity index (χ1n) is 9.33. The van der Waals surface area contributed by atoms with Crippen LogP contribution in [0.3, 0.4) is 0 Å². The molecule has 2 unspecified atom stereocenters. The standard InChI is InChI=1S/C20H32N2O3.ClH/c1-14(2)9-11-25-18-8-7-16(12-19(18)24-4)15(3)22-20(23)13-17-6-5-10-21-17;/h7-8,12,14-15,17,21H,5-6,9-11,13H2,1-4H3,(H,22,23);1H. The van der Waals surface area contributed by atoms with Crippen molar-refractivity contribution in [3.05, 3.63) is 23.8 Å². The zero-order valence-corrected chi connectivity index (χ0v) is 17.2. The summed E-state index contributed by atoms with van der Waals surface area (Å²) in [5.74, 6) is 2.15. The molecule has 1 aliphatic heterocycles. The number of rotatable bonds is 9. The minimum absolute atomic E-state index is 0. The van der Waals surface area contributed by atoms with Gasteiger partial charge in [-0.05, 0) is 56.3 Å². The molecule has 1 heterocycles. The smallest absolute Gasteiger partial charge is 0.222 e. The minimum Gasteiger partial charge on any atom is -0.493 e. The van der Waals surface area contributed by atoms with Crippen LogP contribution >= 0.6 is 12.4 Å². The summed E-state index contributed by atoms with van der Waals surface area (Å²) in [6.07, 6.45) is 3.78. The zero-order valence-electron chi connectivity index (χ0n) is 16.3. The highest BCUT2D eigenvalue weighted by molar-refractivity contribution is 5.85. The Morgan fingerprint density at radius 3 is 2.69 bits per heavy atom. The molecule has 2 rings (SSSR count). The molecule has 0 aromatic heterocycles. The van der Waals surface area contributed by atoms with E-state index in [0.717, 1.165) is 37.1 Å². The molecular weight excluding hydrogens is 352 g/mol. The van der Waals surface area contributed by atoms with Gasteiger partial charge in [-0.1, -0.05) is 19.9 Å². The van der Waals surface area contributed by atoms with Gasteiger partial charge in [0.15, 0.2) is 11.5 Å². The van der Waals surface area contributed by atoms with E-state index in [-0.39, 0.29) is 24.4 Å². The van der Waals surface area contributed by atoms with Gasteiger partial charge >= 0.3 is 0 Å². The van der Waals surface area contributed by atoms with Crippen molar-refractivity contribution in [3.63, 3.8) is 0 Å². The summed E-state index contributed by atoms with van der Waals surface area (Å²) in [4.78, 5) is 12.2. The summed E-state index contributed by atoms with van der Waals surface area (Å²) in [5.41, 5.74) is 1.01. The van der Waals surface area contributed by atoms with Crippen LogP contribution in [0.5, 0.6) is 11.5 Å². The minimum atomic E-state index is -0.0625. The summed E-state index contributed by atoms with van der Waals surface area (Å²) >= 11 is 0. The normalized spacial score (nSPS) is 17.5. The number of halogens is 1. The maximum absolute atomic E-state index is 12.2. The number of carbonyl (C=O) groups is 1. The van der Waals surface area contributed by atoms with Gasteiger partial charge in [0.2, 0.25) is 5.91 Å². The molecule has 2 N–H and O–H groups in total. The van der Waals surface area contributed by atoms with E-state index in [9.17, 15) is 4.79 Å². The first kappa shape index (κ1) is 22.6. The van der Waals surface area contributed by atoms with Crippen LogP contribution in [0.15, 0.2) is 18.2 Å². The van der Waals surface area contributed by atoms with Crippen molar-refractivity contribution in [3.8, 4) is 11.5 Å². The molecule has 5 nitrogen and oxygen atoms in total. The predicted octanol–water partition coefficient (Wildman–Crippen LogP) is 3.86. The molecule has 26 heavy (non-hydrogen) atoms. The average molecular weight is 385 g/mol. The Morgan fingerprint density at radius 2 is 2.08 bits per heavy atom. The lowest BCUT2D eigenvalue weighted by Gasteiger charge is -2.18. The van der Waals surface area contributed by atoms with E-state index in [0.29, 0.717) is 30.7 Å². The molecule has 2 atom stereocenters. The molecular formula is C20H33ClN2O3. The fourth-order valence-electron chi connectivity index (χ4n) is 3.02. The van der Waals surface area contributed by atoms with E-state index in [4.69, 9.17) is 9.47 Å². The third-order valence-corrected chi connectivity index (χ3v) is 4.61. The maximum Gasteiger partial charge on any atom is 0.222 e. The van der Waals surface area contributed by atoms with Crippen molar-refractivity contribution in [2.45, 2.75) is 58.5 Å². The van der Waals surface area contributed by atoms with Crippen LogP contribution in [-0.4, -0.2) is 32.2 Å². The van der Waals surface area contributed by atoms with Gasteiger partial charge < -0.3 is 20.1 Å². The summed E-state index contributed by atoms with van der Waals surface area (Å²) in [6, 6.07) is 6.12. The number of amides is 1. The number of hydrogen-bond donors (Lipinski definition) is 2. The number of carbonyl (C=O) groups excluding carboxylic acids is 1. The van der Waals surface area contributed by atoms with Crippen LogP contribution in [0, 0.1) is 5.92 Å². The van der Waals surface area contributed by atoms with Crippen LogP contribution in [0.2, 0.25) is 0 Å². The fourth-order valence-corrected chi connectivity index (χ4v) is 3.02. The highest BCUT2D eigenvalue weighted by Gasteiger charge is 2.19. The first-order valence-corrected chi connectivity index (χ1v) is 9.33. The fraction of sp³-hybridized carbons (Fsp3) is 0.650. The summed E-state index contributed by atoms with van der Waals surface area (Å²) < 4.78 is 11.3. The van der Waals surface area contributed by atoms with Crippen molar-refractivity contribution in [2.75, 3.05) is 20.3 Å². The van der Waals surface area contributed by atoms with E-state index < -0.39 is 0 Å². The number of benzene rings is 1.